The van der Waals surface area contributed by atoms with Crippen molar-refractivity contribution >= 4 is 30.0 Å². The number of amides is 1. The van der Waals surface area contributed by atoms with Gasteiger partial charge in [-0.1, -0.05) is 36.4 Å². The molecule has 29 heavy (non-hydrogen) atoms. The molecule has 7 heteroatoms. The molecule has 0 aromatic heterocycles. The smallest absolute Gasteiger partial charge is 0.273 e. The van der Waals surface area contributed by atoms with Crippen LogP contribution in [-0.4, -0.2) is 27.4 Å². The number of aromatic hydroxyl groups is 3. The predicted octanol–water partition coefficient (Wildman–Crippen LogP) is 3.32. The average Bonchev–Trinajstić information content (AvgIpc) is 2.69. The van der Waals surface area contributed by atoms with Crippen molar-refractivity contribution in [1.82, 2.24) is 5.43 Å². The highest BCUT2D eigenvalue weighted by Gasteiger charge is 2.09. The maximum Gasteiger partial charge on any atom is 0.273 e. The third-order valence-corrected chi connectivity index (χ3v) is 4.09. The molecule has 0 fully saturated rings. The van der Waals surface area contributed by atoms with Crippen molar-refractivity contribution in [3.05, 3.63) is 82.9 Å². The van der Waals surface area contributed by atoms with Crippen LogP contribution in [0, 0.1) is 0 Å². The van der Waals surface area contributed by atoms with Gasteiger partial charge in [0.15, 0.2) is 0 Å². The van der Waals surface area contributed by atoms with Crippen molar-refractivity contribution < 1.29 is 20.1 Å². The summed E-state index contributed by atoms with van der Waals surface area (Å²) in [6.45, 7) is 0. The minimum atomic E-state index is -0.487. The standard InChI is InChI=1S/C22H19N3O4/c23-20-4-2-1-3-18(20)22(29)25-24-13-19-15(11-17(27)12-21(19)28)8-5-14-6-9-16(26)10-7-14/h1-13,26-28H,23H2,(H,25,29)/b8-5+,24-13-. The van der Waals surface area contributed by atoms with Crippen LogP contribution in [0.2, 0.25) is 0 Å². The molecule has 6 N–H and O–H groups in total. The van der Waals surface area contributed by atoms with Gasteiger partial charge in [-0.25, -0.2) is 5.43 Å². The number of carbonyl (C=O) groups excluding carboxylic acids is 1. The predicted molar refractivity (Wildman–Crippen MR) is 113 cm³/mol. The number of hydrogen-bond donors (Lipinski definition) is 5. The number of nitrogens with zero attached hydrogens (tertiary/aromatic N) is 1. The molecule has 0 bridgehead atoms. The zero-order valence-corrected chi connectivity index (χ0v) is 15.3. The largest absolute Gasteiger partial charge is 0.508 e. The fourth-order valence-electron chi connectivity index (χ4n) is 2.61. The summed E-state index contributed by atoms with van der Waals surface area (Å²) < 4.78 is 0. The summed E-state index contributed by atoms with van der Waals surface area (Å²) in [4.78, 5) is 12.2. The molecule has 0 aliphatic rings. The molecule has 0 spiro atoms. The number of phenols is 3. The molecule has 3 rings (SSSR count). The van der Waals surface area contributed by atoms with Crippen LogP contribution in [0.1, 0.15) is 27.0 Å². The first-order valence-corrected chi connectivity index (χ1v) is 8.65. The number of nitrogens with one attached hydrogen (secondary N) is 1. The number of para-hydroxylation sites is 1. The van der Waals surface area contributed by atoms with Crippen molar-refractivity contribution in [2.24, 2.45) is 5.10 Å². The van der Waals surface area contributed by atoms with Crippen molar-refractivity contribution in [2.75, 3.05) is 5.73 Å². The SMILES string of the molecule is Nc1ccccc1C(=O)N/N=C\c1c(O)cc(O)cc1/C=C/c1ccc(O)cc1. The Morgan fingerprint density at radius 2 is 1.66 bits per heavy atom. The number of hydrogen-bond acceptors (Lipinski definition) is 6. The van der Waals surface area contributed by atoms with Gasteiger partial charge in [-0.15, -0.1) is 0 Å². The Balaban J connectivity index is 1.83. The van der Waals surface area contributed by atoms with Crippen LogP contribution in [0.4, 0.5) is 5.69 Å². The first-order valence-electron chi connectivity index (χ1n) is 8.65. The molecule has 7 nitrogen and oxygen atoms in total. The summed E-state index contributed by atoms with van der Waals surface area (Å²) in [5.41, 5.74) is 10.3. The lowest BCUT2D eigenvalue weighted by Gasteiger charge is -2.06. The maximum absolute atomic E-state index is 12.2. The summed E-state index contributed by atoms with van der Waals surface area (Å²) in [6, 6.07) is 15.7. The molecule has 1 amide bonds. The Labute approximate surface area is 167 Å². The van der Waals surface area contributed by atoms with Crippen LogP contribution < -0.4 is 11.2 Å². The van der Waals surface area contributed by atoms with Crippen molar-refractivity contribution in [1.29, 1.82) is 0 Å². The molecular formula is C22H19N3O4. The first-order chi connectivity index (χ1) is 13.9. The summed E-state index contributed by atoms with van der Waals surface area (Å²) in [6.07, 6.45) is 4.70. The highest BCUT2D eigenvalue weighted by atomic mass is 16.3. The molecular weight excluding hydrogens is 370 g/mol. The molecule has 0 aliphatic heterocycles. The topological polar surface area (TPSA) is 128 Å². The highest BCUT2D eigenvalue weighted by Crippen LogP contribution is 2.27. The van der Waals surface area contributed by atoms with E-state index in [9.17, 15) is 20.1 Å². The van der Waals surface area contributed by atoms with Gasteiger partial charge in [-0.3, -0.25) is 4.79 Å². The van der Waals surface area contributed by atoms with Crippen LogP contribution in [0.15, 0.2) is 65.8 Å². The van der Waals surface area contributed by atoms with Gasteiger partial charge in [0, 0.05) is 17.3 Å². The number of benzene rings is 3. The Hall–Kier alpha value is -4.26. The van der Waals surface area contributed by atoms with E-state index in [2.05, 4.69) is 10.5 Å². The summed E-state index contributed by atoms with van der Waals surface area (Å²) >= 11 is 0. The summed E-state index contributed by atoms with van der Waals surface area (Å²) in [7, 11) is 0. The van der Waals surface area contributed by atoms with Crippen molar-refractivity contribution in [2.45, 2.75) is 0 Å². The van der Waals surface area contributed by atoms with Crippen molar-refractivity contribution in [3.8, 4) is 17.2 Å². The molecule has 0 atom stereocenters. The van der Waals surface area contributed by atoms with Crippen LogP contribution in [0.25, 0.3) is 12.2 Å². The van der Waals surface area contributed by atoms with E-state index in [1.54, 1.807) is 60.7 Å². The molecule has 0 heterocycles. The fraction of sp³-hybridized carbons (Fsp3) is 0. The second kappa shape index (κ2) is 8.62. The van der Waals surface area contributed by atoms with Gasteiger partial charge in [-0.2, -0.15) is 5.10 Å². The third-order valence-electron chi connectivity index (χ3n) is 4.09. The monoisotopic (exact) mass is 389 g/mol. The van der Waals surface area contributed by atoms with Gasteiger partial charge in [0.2, 0.25) is 0 Å². The normalized spacial score (nSPS) is 11.2. The minimum Gasteiger partial charge on any atom is -0.508 e. The third kappa shape index (κ3) is 4.92. The molecule has 0 aliphatic carbocycles. The average molecular weight is 389 g/mol. The number of anilines is 1. The molecule has 3 aromatic carbocycles. The second-order valence-electron chi connectivity index (χ2n) is 6.18. The van der Waals surface area contributed by atoms with Crippen molar-refractivity contribution in [3.63, 3.8) is 0 Å². The molecule has 0 saturated carbocycles. The van der Waals surface area contributed by atoms with Crippen LogP contribution in [0.5, 0.6) is 17.2 Å². The number of carbonyl (C=O) groups is 1. The first kappa shape index (κ1) is 19.5. The van der Waals surface area contributed by atoms with Gasteiger partial charge in [0.1, 0.15) is 17.2 Å². The molecule has 146 valence electrons. The Kier molecular flexibility index (Phi) is 5.80. The van der Waals surface area contributed by atoms with Crippen LogP contribution in [0.3, 0.4) is 0 Å². The number of hydrazone groups is 1. The van der Waals surface area contributed by atoms with E-state index in [0.29, 0.717) is 16.8 Å². The minimum absolute atomic E-state index is 0.119. The van der Waals surface area contributed by atoms with E-state index in [1.165, 1.54) is 18.3 Å². The zero-order chi connectivity index (χ0) is 20.8. The zero-order valence-electron chi connectivity index (χ0n) is 15.3. The molecule has 3 aromatic rings. The summed E-state index contributed by atoms with van der Waals surface area (Å²) in [5, 5.41) is 33.2. The maximum atomic E-state index is 12.2. The Morgan fingerprint density at radius 1 is 0.931 bits per heavy atom. The second-order valence-corrected chi connectivity index (χ2v) is 6.18. The Bertz CT molecular complexity index is 1090. The quantitative estimate of drug-likeness (QED) is 0.198. The number of nitrogen functional groups attached to an aromatic ring is 1. The van der Waals surface area contributed by atoms with Gasteiger partial charge in [-0.05, 0) is 41.5 Å². The molecule has 0 radical (unpaired) electrons. The molecule has 0 unspecified atom stereocenters. The summed E-state index contributed by atoms with van der Waals surface area (Å²) in [5.74, 6) is -0.655. The van der Waals surface area contributed by atoms with Crippen LogP contribution >= 0.6 is 0 Å². The van der Waals surface area contributed by atoms with E-state index in [0.717, 1.165) is 5.56 Å². The van der Waals surface area contributed by atoms with E-state index >= 15 is 0 Å². The lowest BCUT2D eigenvalue weighted by molar-refractivity contribution is 0.0956. The fourth-order valence-corrected chi connectivity index (χ4v) is 2.61. The van der Waals surface area contributed by atoms with Gasteiger partial charge in [0.25, 0.3) is 5.91 Å². The molecule has 0 saturated heterocycles. The Morgan fingerprint density at radius 3 is 2.38 bits per heavy atom. The number of phenolic OH excluding ortho intramolecular Hbond substituents is 3. The van der Waals surface area contributed by atoms with Crippen LogP contribution in [-0.2, 0) is 0 Å². The van der Waals surface area contributed by atoms with E-state index in [-0.39, 0.29) is 22.8 Å². The highest BCUT2D eigenvalue weighted by molar-refractivity contribution is 6.00. The van der Waals surface area contributed by atoms with E-state index in [1.807, 2.05) is 0 Å². The van der Waals surface area contributed by atoms with E-state index < -0.39 is 5.91 Å². The van der Waals surface area contributed by atoms with Gasteiger partial charge < -0.3 is 21.1 Å². The van der Waals surface area contributed by atoms with Gasteiger partial charge >= 0.3 is 0 Å². The van der Waals surface area contributed by atoms with Gasteiger partial charge in [0.05, 0.1) is 11.8 Å². The number of rotatable bonds is 5. The lowest BCUT2D eigenvalue weighted by Crippen LogP contribution is -2.19. The lowest BCUT2D eigenvalue weighted by atomic mass is 10.0. The van der Waals surface area contributed by atoms with E-state index in [4.69, 9.17) is 5.73 Å². The number of nitrogens with two attached hydrogens (primary N) is 1.